The van der Waals surface area contributed by atoms with Crippen molar-refractivity contribution in [3.05, 3.63) is 40.2 Å². The molecule has 0 fully saturated rings. The van der Waals surface area contributed by atoms with E-state index in [-0.39, 0.29) is 0 Å². The number of thiazole rings is 1. The summed E-state index contributed by atoms with van der Waals surface area (Å²) in [4.78, 5) is 9.28. The Morgan fingerprint density at radius 1 is 1.36 bits per heavy atom. The predicted molar refractivity (Wildman–Crippen MR) is 99.7 cm³/mol. The Morgan fingerprint density at radius 2 is 2.28 bits per heavy atom. The van der Waals surface area contributed by atoms with Crippen LogP contribution in [0, 0.1) is 0 Å². The van der Waals surface area contributed by atoms with Gasteiger partial charge in [-0.2, -0.15) is 5.10 Å². The second kappa shape index (κ2) is 7.09. The molecule has 4 rings (SSSR count). The minimum atomic E-state index is 0.497. The van der Waals surface area contributed by atoms with Crippen LogP contribution in [-0.4, -0.2) is 30.9 Å². The number of aryl methyl sites for hydroxylation is 3. The van der Waals surface area contributed by atoms with Crippen molar-refractivity contribution in [2.24, 2.45) is 0 Å². The van der Waals surface area contributed by atoms with Crippen molar-refractivity contribution in [2.75, 3.05) is 6.54 Å². The number of hydrogen-bond donors (Lipinski definition) is 1. The maximum Gasteiger partial charge on any atom is 0.160 e. The van der Waals surface area contributed by atoms with Crippen molar-refractivity contribution >= 4 is 11.3 Å². The first-order valence-corrected chi connectivity index (χ1v) is 9.82. The fourth-order valence-corrected chi connectivity index (χ4v) is 4.00. The second-order valence-corrected chi connectivity index (χ2v) is 7.69. The van der Waals surface area contributed by atoms with Gasteiger partial charge in [-0.05, 0) is 19.0 Å². The summed E-state index contributed by atoms with van der Waals surface area (Å²) in [6.07, 6.45) is 5.93. The number of nitrogens with one attached hydrogen (secondary N) is 1. The lowest BCUT2D eigenvalue weighted by molar-refractivity contribution is 0.587. The molecule has 6 nitrogen and oxygen atoms in total. The number of aromatic nitrogens is 5. The van der Waals surface area contributed by atoms with Crippen LogP contribution in [-0.2, 0) is 26.1 Å². The van der Waals surface area contributed by atoms with E-state index in [1.54, 1.807) is 11.3 Å². The molecule has 132 valence electrons. The molecule has 0 atom stereocenters. The standard InChI is InChI=1S/C18H24N6S/c1-13(2)18-21-14(12-25-18)4-8-23-9-6-20-17(23)16-10-15-11-19-5-3-7-24(15)22-16/h6,9-10,12-13,19H,3-5,7-8,11H2,1-2H3. The van der Waals surface area contributed by atoms with Crippen LogP contribution in [0.25, 0.3) is 11.5 Å². The van der Waals surface area contributed by atoms with Gasteiger partial charge < -0.3 is 9.88 Å². The monoisotopic (exact) mass is 356 g/mol. The van der Waals surface area contributed by atoms with Crippen LogP contribution in [0.3, 0.4) is 0 Å². The van der Waals surface area contributed by atoms with E-state index in [1.165, 1.54) is 10.7 Å². The van der Waals surface area contributed by atoms with Crippen LogP contribution < -0.4 is 5.32 Å². The molecular formula is C18H24N6S. The molecule has 0 aromatic carbocycles. The molecule has 4 heterocycles. The predicted octanol–water partition coefficient (Wildman–Crippen LogP) is 3.06. The highest BCUT2D eigenvalue weighted by molar-refractivity contribution is 7.09. The van der Waals surface area contributed by atoms with Crippen LogP contribution >= 0.6 is 11.3 Å². The van der Waals surface area contributed by atoms with Gasteiger partial charge in [0.25, 0.3) is 0 Å². The largest absolute Gasteiger partial charge is 0.329 e. The summed E-state index contributed by atoms with van der Waals surface area (Å²) in [6, 6.07) is 2.16. The number of nitrogens with zero attached hydrogens (tertiary/aromatic N) is 5. The Hall–Kier alpha value is -1.99. The minimum Gasteiger partial charge on any atom is -0.329 e. The Bertz CT molecular complexity index is 820. The summed E-state index contributed by atoms with van der Waals surface area (Å²) in [5.41, 5.74) is 3.37. The van der Waals surface area contributed by atoms with Crippen LogP contribution in [0.5, 0.6) is 0 Å². The van der Waals surface area contributed by atoms with E-state index < -0.39 is 0 Å². The topological polar surface area (TPSA) is 60.6 Å². The second-order valence-electron chi connectivity index (χ2n) is 6.80. The van der Waals surface area contributed by atoms with E-state index in [0.29, 0.717) is 5.92 Å². The van der Waals surface area contributed by atoms with E-state index >= 15 is 0 Å². The van der Waals surface area contributed by atoms with E-state index in [1.807, 2.05) is 12.4 Å². The molecule has 0 spiro atoms. The summed E-state index contributed by atoms with van der Waals surface area (Å²) in [7, 11) is 0. The summed E-state index contributed by atoms with van der Waals surface area (Å²) in [5.74, 6) is 1.44. The molecule has 3 aromatic rings. The van der Waals surface area contributed by atoms with Gasteiger partial charge in [0.05, 0.1) is 16.4 Å². The summed E-state index contributed by atoms with van der Waals surface area (Å²) in [6.45, 7) is 8.16. The van der Waals surface area contributed by atoms with Crippen molar-refractivity contribution in [2.45, 2.75) is 52.2 Å². The number of fused-ring (bicyclic) bond motifs is 1. The van der Waals surface area contributed by atoms with Crippen LogP contribution in [0.15, 0.2) is 23.8 Å². The molecule has 1 aliphatic rings. The smallest absolute Gasteiger partial charge is 0.160 e. The van der Waals surface area contributed by atoms with E-state index in [2.05, 4.69) is 44.8 Å². The molecule has 0 amide bonds. The van der Waals surface area contributed by atoms with Gasteiger partial charge in [-0.1, -0.05) is 13.8 Å². The number of imidazole rings is 1. The molecule has 3 aromatic heterocycles. The van der Waals surface area contributed by atoms with Gasteiger partial charge in [-0.15, -0.1) is 11.3 Å². The van der Waals surface area contributed by atoms with E-state index in [9.17, 15) is 0 Å². The molecule has 1 N–H and O–H groups in total. The Kier molecular flexibility index (Phi) is 4.67. The fourth-order valence-electron chi connectivity index (χ4n) is 3.13. The molecule has 0 saturated heterocycles. The van der Waals surface area contributed by atoms with Crippen LogP contribution in [0.4, 0.5) is 0 Å². The first-order valence-electron chi connectivity index (χ1n) is 8.94. The van der Waals surface area contributed by atoms with Gasteiger partial charge in [-0.3, -0.25) is 4.68 Å². The average molecular weight is 356 g/mol. The van der Waals surface area contributed by atoms with Crippen molar-refractivity contribution in [3.63, 3.8) is 0 Å². The SMILES string of the molecule is CC(C)c1nc(CCn2ccnc2-c2cc3n(n2)CCCNC3)cs1. The zero-order valence-electron chi connectivity index (χ0n) is 14.8. The van der Waals surface area contributed by atoms with Crippen molar-refractivity contribution in [1.82, 2.24) is 29.6 Å². The molecule has 0 bridgehead atoms. The Balaban J connectivity index is 1.50. The molecule has 1 aliphatic heterocycles. The van der Waals surface area contributed by atoms with Gasteiger partial charge in [0.15, 0.2) is 5.82 Å². The average Bonchev–Trinajstić information content (AvgIpc) is 3.30. The lowest BCUT2D eigenvalue weighted by Gasteiger charge is -2.05. The molecule has 0 aliphatic carbocycles. The van der Waals surface area contributed by atoms with Gasteiger partial charge >= 0.3 is 0 Å². The van der Waals surface area contributed by atoms with E-state index in [4.69, 9.17) is 10.1 Å². The maximum absolute atomic E-state index is 4.78. The van der Waals surface area contributed by atoms with Gasteiger partial charge in [0, 0.05) is 49.7 Å². The highest BCUT2D eigenvalue weighted by atomic mass is 32.1. The van der Waals surface area contributed by atoms with Crippen molar-refractivity contribution in [1.29, 1.82) is 0 Å². The number of hydrogen-bond acceptors (Lipinski definition) is 5. The van der Waals surface area contributed by atoms with Crippen molar-refractivity contribution in [3.8, 4) is 11.5 Å². The normalized spacial score (nSPS) is 14.7. The van der Waals surface area contributed by atoms with Gasteiger partial charge in [0.1, 0.15) is 5.69 Å². The first kappa shape index (κ1) is 16.5. The quantitative estimate of drug-likeness (QED) is 0.763. The first-order chi connectivity index (χ1) is 12.2. The van der Waals surface area contributed by atoms with Crippen LogP contribution in [0.1, 0.15) is 42.6 Å². The molecule has 0 saturated carbocycles. The summed E-state index contributed by atoms with van der Waals surface area (Å²) in [5, 5.41) is 11.6. The third-order valence-corrected chi connectivity index (χ3v) is 5.70. The minimum absolute atomic E-state index is 0.497. The zero-order valence-corrected chi connectivity index (χ0v) is 15.6. The maximum atomic E-state index is 4.78. The molecule has 7 heteroatoms. The molecule has 25 heavy (non-hydrogen) atoms. The van der Waals surface area contributed by atoms with Crippen LogP contribution in [0.2, 0.25) is 0 Å². The Labute approximate surface area is 151 Å². The Morgan fingerprint density at radius 3 is 3.12 bits per heavy atom. The highest BCUT2D eigenvalue weighted by Gasteiger charge is 2.15. The molecule has 0 radical (unpaired) electrons. The number of rotatable bonds is 5. The third-order valence-electron chi connectivity index (χ3n) is 4.51. The highest BCUT2D eigenvalue weighted by Crippen LogP contribution is 2.22. The van der Waals surface area contributed by atoms with E-state index in [0.717, 1.165) is 56.2 Å². The zero-order chi connectivity index (χ0) is 17.2. The lowest BCUT2D eigenvalue weighted by atomic mass is 10.2. The van der Waals surface area contributed by atoms with Gasteiger partial charge in [0.2, 0.25) is 0 Å². The molecule has 0 unspecified atom stereocenters. The lowest BCUT2D eigenvalue weighted by Crippen LogP contribution is -2.11. The summed E-state index contributed by atoms with van der Waals surface area (Å²) < 4.78 is 4.30. The summed E-state index contributed by atoms with van der Waals surface area (Å²) >= 11 is 1.76. The van der Waals surface area contributed by atoms with Crippen molar-refractivity contribution < 1.29 is 0 Å². The fraction of sp³-hybridized carbons (Fsp3) is 0.500. The molecular weight excluding hydrogens is 332 g/mol. The van der Waals surface area contributed by atoms with Gasteiger partial charge in [-0.25, -0.2) is 9.97 Å². The third kappa shape index (κ3) is 3.52.